The normalized spacial score (nSPS) is 14.7. The van der Waals surface area contributed by atoms with E-state index in [1.807, 2.05) is 29.3 Å². The molecule has 1 N–H and O–H groups in total. The lowest BCUT2D eigenvalue weighted by Crippen LogP contribution is -2.43. The van der Waals surface area contributed by atoms with Crippen molar-refractivity contribution in [1.82, 2.24) is 14.8 Å². The monoisotopic (exact) mass is 421 g/mol. The smallest absolute Gasteiger partial charge is 0.224 e. The van der Waals surface area contributed by atoms with Crippen molar-refractivity contribution < 1.29 is 14.0 Å². The summed E-state index contributed by atoms with van der Waals surface area (Å²) in [5.41, 5.74) is 2.48. The molecule has 2 amide bonds. The second-order valence-corrected chi connectivity index (χ2v) is 8.27. The van der Waals surface area contributed by atoms with E-state index < -0.39 is 0 Å². The summed E-state index contributed by atoms with van der Waals surface area (Å²) in [5, 5.41) is 4.08. The topological polar surface area (TPSA) is 54.3 Å². The number of piperidine rings is 1. The molecule has 4 rings (SSSR count). The van der Waals surface area contributed by atoms with Crippen molar-refractivity contribution in [3.63, 3.8) is 0 Å². The molecule has 0 radical (unpaired) electrons. The maximum absolute atomic E-state index is 13.7. The number of hydrogen-bond acceptors (Lipinski definition) is 2. The van der Waals surface area contributed by atoms with Gasteiger partial charge in [-0.25, -0.2) is 4.39 Å². The fourth-order valence-corrected chi connectivity index (χ4v) is 4.18. The van der Waals surface area contributed by atoms with Gasteiger partial charge in [0.1, 0.15) is 5.82 Å². The highest BCUT2D eigenvalue weighted by Gasteiger charge is 2.27. The van der Waals surface area contributed by atoms with Gasteiger partial charge in [-0.3, -0.25) is 9.59 Å². The van der Waals surface area contributed by atoms with Crippen LogP contribution in [0.3, 0.4) is 0 Å². The van der Waals surface area contributed by atoms with Crippen LogP contribution in [-0.2, 0) is 22.7 Å². The first-order valence-electron chi connectivity index (χ1n) is 10.9. The highest BCUT2D eigenvalue weighted by atomic mass is 19.1. The SMILES string of the molecule is Cc1ccc(CNC(=O)C2CCN(C(=O)CCn3ccc4ccccc43)CC2)cc1F. The maximum atomic E-state index is 13.7. The fraction of sp³-hybridized carbons (Fsp3) is 0.360. The zero-order chi connectivity index (χ0) is 21.8. The van der Waals surface area contributed by atoms with Crippen molar-refractivity contribution in [2.45, 2.75) is 39.3 Å². The van der Waals surface area contributed by atoms with Crippen LogP contribution >= 0.6 is 0 Å². The van der Waals surface area contributed by atoms with Crippen molar-refractivity contribution >= 4 is 22.7 Å². The number of carbonyl (C=O) groups excluding carboxylic acids is 2. The molecule has 0 bridgehead atoms. The molecule has 1 fully saturated rings. The Morgan fingerprint density at radius 2 is 1.87 bits per heavy atom. The summed E-state index contributed by atoms with van der Waals surface area (Å²) < 4.78 is 15.8. The Hall–Kier alpha value is -3.15. The zero-order valence-corrected chi connectivity index (χ0v) is 17.8. The molecule has 0 spiro atoms. The predicted molar refractivity (Wildman–Crippen MR) is 119 cm³/mol. The number of nitrogens with zero attached hydrogens (tertiary/aromatic N) is 2. The van der Waals surface area contributed by atoms with E-state index in [1.54, 1.807) is 13.0 Å². The van der Waals surface area contributed by atoms with Gasteiger partial charge in [0.25, 0.3) is 0 Å². The van der Waals surface area contributed by atoms with Crippen LogP contribution in [0.15, 0.2) is 54.7 Å². The zero-order valence-electron chi connectivity index (χ0n) is 17.8. The molecule has 31 heavy (non-hydrogen) atoms. The third-order valence-corrected chi connectivity index (χ3v) is 6.17. The van der Waals surface area contributed by atoms with Gasteiger partial charge in [0.2, 0.25) is 11.8 Å². The van der Waals surface area contributed by atoms with Crippen molar-refractivity contribution in [1.29, 1.82) is 0 Å². The molecule has 3 aromatic rings. The van der Waals surface area contributed by atoms with E-state index in [2.05, 4.69) is 28.1 Å². The molecule has 2 aromatic carbocycles. The Morgan fingerprint density at radius 1 is 1.10 bits per heavy atom. The minimum Gasteiger partial charge on any atom is -0.352 e. The second-order valence-electron chi connectivity index (χ2n) is 8.27. The first kappa shape index (κ1) is 21.1. The van der Waals surface area contributed by atoms with E-state index in [-0.39, 0.29) is 23.5 Å². The second kappa shape index (κ2) is 9.33. The fourth-order valence-electron chi connectivity index (χ4n) is 4.18. The molecular weight excluding hydrogens is 393 g/mol. The lowest BCUT2D eigenvalue weighted by molar-refractivity contribution is -0.135. The number of aryl methyl sites for hydroxylation is 2. The lowest BCUT2D eigenvalue weighted by atomic mass is 9.95. The van der Waals surface area contributed by atoms with E-state index in [0.29, 0.717) is 51.0 Å². The van der Waals surface area contributed by atoms with Crippen LogP contribution in [0.1, 0.15) is 30.4 Å². The van der Waals surface area contributed by atoms with Crippen LogP contribution in [-0.4, -0.2) is 34.4 Å². The molecule has 5 nitrogen and oxygen atoms in total. The molecule has 2 heterocycles. The largest absolute Gasteiger partial charge is 0.352 e. The summed E-state index contributed by atoms with van der Waals surface area (Å²) in [7, 11) is 0. The molecule has 1 saturated heterocycles. The summed E-state index contributed by atoms with van der Waals surface area (Å²) in [6.45, 7) is 3.89. The van der Waals surface area contributed by atoms with Crippen LogP contribution in [0.2, 0.25) is 0 Å². The molecule has 162 valence electrons. The third-order valence-electron chi connectivity index (χ3n) is 6.17. The molecule has 0 saturated carbocycles. The Labute approximate surface area is 181 Å². The Balaban J connectivity index is 1.22. The van der Waals surface area contributed by atoms with Crippen LogP contribution in [0.4, 0.5) is 4.39 Å². The number of para-hydroxylation sites is 1. The van der Waals surface area contributed by atoms with Gasteiger partial charge in [-0.1, -0.05) is 30.3 Å². The number of rotatable bonds is 6. The molecule has 1 aromatic heterocycles. The standard InChI is InChI=1S/C25H28FN3O2/c1-18-6-7-19(16-22(18)26)17-27-25(31)21-9-13-29(14-10-21)24(30)11-15-28-12-8-20-4-2-3-5-23(20)28/h2-8,12,16,21H,9-11,13-15,17H2,1H3,(H,27,31). The van der Waals surface area contributed by atoms with Crippen molar-refractivity contribution in [3.8, 4) is 0 Å². The van der Waals surface area contributed by atoms with Gasteiger partial charge in [-0.15, -0.1) is 0 Å². The molecule has 0 aliphatic carbocycles. The van der Waals surface area contributed by atoms with Crippen molar-refractivity contribution in [2.24, 2.45) is 5.92 Å². The first-order valence-corrected chi connectivity index (χ1v) is 10.9. The molecule has 0 unspecified atom stereocenters. The number of nitrogens with one attached hydrogen (secondary N) is 1. The lowest BCUT2D eigenvalue weighted by Gasteiger charge is -2.31. The van der Waals surface area contributed by atoms with E-state index in [0.717, 1.165) is 11.1 Å². The molecule has 1 aliphatic heterocycles. The number of hydrogen-bond donors (Lipinski definition) is 1. The van der Waals surface area contributed by atoms with Gasteiger partial charge in [-0.2, -0.15) is 0 Å². The van der Waals surface area contributed by atoms with Gasteiger partial charge >= 0.3 is 0 Å². The van der Waals surface area contributed by atoms with Gasteiger partial charge in [0, 0.05) is 50.2 Å². The van der Waals surface area contributed by atoms with Gasteiger partial charge in [0.05, 0.1) is 0 Å². The molecule has 0 atom stereocenters. The predicted octanol–water partition coefficient (Wildman–Crippen LogP) is 4.03. The number of likely N-dealkylation sites (tertiary alicyclic amines) is 1. The Morgan fingerprint density at radius 3 is 2.65 bits per heavy atom. The van der Waals surface area contributed by atoms with Gasteiger partial charge in [0.15, 0.2) is 0 Å². The van der Waals surface area contributed by atoms with E-state index in [4.69, 9.17) is 0 Å². The number of carbonyl (C=O) groups is 2. The van der Waals surface area contributed by atoms with Crippen molar-refractivity contribution in [3.05, 3.63) is 71.7 Å². The average Bonchev–Trinajstić information content (AvgIpc) is 3.21. The average molecular weight is 422 g/mol. The summed E-state index contributed by atoms with van der Waals surface area (Å²) in [4.78, 5) is 27.0. The number of amides is 2. The maximum Gasteiger partial charge on any atom is 0.224 e. The summed E-state index contributed by atoms with van der Waals surface area (Å²) in [6.07, 6.45) is 3.79. The Kier molecular flexibility index (Phi) is 6.35. The van der Waals surface area contributed by atoms with E-state index >= 15 is 0 Å². The Bertz CT molecular complexity index is 1080. The minimum absolute atomic E-state index is 0.0214. The highest BCUT2D eigenvalue weighted by Crippen LogP contribution is 2.20. The molecule has 1 aliphatic rings. The number of benzene rings is 2. The van der Waals surface area contributed by atoms with Crippen LogP contribution in [0.25, 0.3) is 10.9 Å². The summed E-state index contributed by atoms with van der Waals surface area (Å²) >= 11 is 0. The third kappa shape index (κ3) is 4.95. The summed E-state index contributed by atoms with van der Waals surface area (Å²) in [6, 6.07) is 15.2. The first-order chi connectivity index (χ1) is 15.0. The number of aromatic nitrogens is 1. The van der Waals surface area contributed by atoms with Gasteiger partial charge < -0.3 is 14.8 Å². The molecular formula is C25H28FN3O2. The number of halogens is 1. The highest BCUT2D eigenvalue weighted by molar-refractivity contribution is 5.81. The quantitative estimate of drug-likeness (QED) is 0.653. The van der Waals surface area contributed by atoms with Crippen LogP contribution < -0.4 is 5.32 Å². The van der Waals surface area contributed by atoms with Gasteiger partial charge in [-0.05, 0) is 54.5 Å². The minimum atomic E-state index is -0.258. The number of fused-ring (bicyclic) bond motifs is 1. The van der Waals surface area contributed by atoms with Crippen LogP contribution in [0.5, 0.6) is 0 Å². The van der Waals surface area contributed by atoms with E-state index in [9.17, 15) is 14.0 Å². The molecule has 6 heteroatoms. The van der Waals surface area contributed by atoms with Crippen LogP contribution in [0, 0.1) is 18.7 Å². The van der Waals surface area contributed by atoms with E-state index in [1.165, 1.54) is 11.5 Å². The van der Waals surface area contributed by atoms with Crippen molar-refractivity contribution in [2.75, 3.05) is 13.1 Å². The summed E-state index contributed by atoms with van der Waals surface area (Å²) in [5.74, 6) is -0.252.